The Morgan fingerprint density at radius 1 is 0.822 bits per heavy atom. The number of carbonyl (C=O) groups is 3. The monoisotopic (exact) mass is 688 g/mol. The largest absolute Gasteiger partial charge is 0.495 e. The zero-order chi connectivity index (χ0) is 33.3. The third-order valence-electron chi connectivity index (χ3n) is 6.32. The molecular formula is C28H29BrN6O10. The first-order valence-corrected chi connectivity index (χ1v) is 13.9. The van der Waals surface area contributed by atoms with E-state index < -0.39 is 46.3 Å². The number of amides is 3. The van der Waals surface area contributed by atoms with E-state index in [-0.39, 0.29) is 34.2 Å². The Kier molecular flexibility index (Phi) is 11.7. The molecule has 0 aliphatic heterocycles. The van der Waals surface area contributed by atoms with Gasteiger partial charge >= 0.3 is 0 Å². The lowest BCUT2D eigenvalue weighted by atomic mass is 10.2. The number of hydrogen-bond donors (Lipinski definition) is 3. The van der Waals surface area contributed by atoms with Gasteiger partial charge in [0, 0.05) is 28.7 Å². The van der Waals surface area contributed by atoms with E-state index >= 15 is 0 Å². The predicted octanol–water partition coefficient (Wildman–Crippen LogP) is 4.05. The van der Waals surface area contributed by atoms with Gasteiger partial charge in [0.1, 0.15) is 29.3 Å². The molecule has 238 valence electrons. The Morgan fingerprint density at radius 2 is 1.31 bits per heavy atom. The van der Waals surface area contributed by atoms with Gasteiger partial charge in [-0.25, -0.2) is 0 Å². The number of ether oxygens (including phenoxy) is 3. The van der Waals surface area contributed by atoms with Crippen LogP contribution in [0.1, 0.15) is 13.8 Å². The number of anilines is 2. The lowest BCUT2D eigenvalue weighted by Gasteiger charge is -2.33. The van der Waals surface area contributed by atoms with Crippen molar-refractivity contribution < 1.29 is 38.4 Å². The highest BCUT2D eigenvalue weighted by Crippen LogP contribution is 2.30. The van der Waals surface area contributed by atoms with Crippen molar-refractivity contribution >= 4 is 56.4 Å². The molecule has 3 aromatic carbocycles. The maximum atomic E-state index is 13.4. The molecule has 0 aromatic heterocycles. The first-order chi connectivity index (χ1) is 21.3. The van der Waals surface area contributed by atoms with Gasteiger partial charge < -0.3 is 24.8 Å². The molecule has 0 fully saturated rings. The molecule has 0 saturated carbocycles. The van der Waals surface area contributed by atoms with Crippen molar-refractivity contribution in [1.82, 2.24) is 10.4 Å². The van der Waals surface area contributed by atoms with Crippen LogP contribution in [0.2, 0.25) is 0 Å². The van der Waals surface area contributed by atoms with E-state index in [4.69, 9.17) is 14.2 Å². The fourth-order valence-electron chi connectivity index (χ4n) is 3.95. The molecule has 0 aliphatic carbocycles. The highest BCUT2D eigenvalue weighted by Gasteiger charge is 2.33. The third kappa shape index (κ3) is 9.10. The highest BCUT2D eigenvalue weighted by atomic mass is 79.9. The summed E-state index contributed by atoms with van der Waals surface area (Å²) in [4.78, 5) is 61.1. The smallest absolute Gasteiger partial charge is 0.272 e. The number of non-ortho nitro benzene ring substituents is 2. The summed E-state index contributed by atoms with van der Waals surface area (Å²) in [6.07, 6.45) is 0. The van der Waals surface area contributed by atoms with Gasteiger partial charge in [-0.05, 0) is 44.2 Å². The van der Waals surface area contributed by atoms with E-state index in [0.717, 1.165) is 17.1 Å². The molecular weight excluding hydrogens is 660 g/mol. The van der Waals surface area contributed by atoms with E-state index in [0.29, 0.717) is 10.2 Å². The normalized spacial score (nSPS) is 12.0. The number of methoxy groups -OCH3 is 2. The van der Waals surface area contributed by atoms with Gasteiger partial charge in [0.2, 0.25) is 11.8 Å². The number of benzene rings is 3. The molecule has 0 unspecified atom stereocenters. The summed E-state index contributed by atoms with van der Waals surface area (Å²) >= 11 is 3.31. The van der Waals surface area contributed by atoms with Crippen molar-refractivity contribution in [3.05, 3.63) is 85.4 Å². The number of nitro benzene ring substituents is 2. The van der Waals surface area contributed by atoms with Crippen LogP contribution in [0.5, 0.6) is 17.2 Å². The second kappa shape index (κ2) is 15.4. The zero-order valence-corrected chi connectivity index (χ0v) is 26.0. The van der Waals surface area contributed by atoms with Gasteiger partial charge in [0.05, 0.1) is 35.4 Å². The van der Waals surface area contributed by atoms with E-state index in [1.54, 1.807) is 24.3 Å². The molecule has 16 nitrogen and oxygen atoms in total. The molecule has 3 N–H and O–H groups in total. The zero-order valence-electron chi connectivity index (χ0n) is 24.4. The number of nitrogens with one attached hydrogen (secondary N) is 3. The summed E-state index contributed by atoms with van der Waals surface area (Å²) in [7, 11) is 2.62. The Balaban J connectivity index is 1.88. The number of hydrogen-bond acceptors (Lipinski definition) is 11. The molecule has 3 aromatic rings. The number of hydrazine groups is 1. The summed E-state index contributed by atoms with van der Waals surface area (Å²) < 4.78 is 16.6. The molecule has 0 bridgehead atoms. The Bertz CT molecular complexity index is 1520. The topological polar surface area (TPSA) is 205 Å². The van der Waals surface area contributed by atoms with Crippen LogP contribution in [0.25, 0.3) is 0 Å². The Hall–Kier alpha value is -5.29. The van der Waals surface area contributed by atoms with Crippen LogP contribution < -0.4 is 30.3 Å². The standard InChI is InChI=1S/C28H29BrN6O10/c1-16(27(37)30-22-13-19(34(39)40)8-10-24(22)43-3)33(32-26(36)15-45-21-7-5-6-18(29)12-21)17(2)28(38)31-23-14-20(35(41)42)9-11-25(23)44-4/h5-14,16-17H,15H2,1-4H3,(H,30,37)(H,31,38)(H,32,36)/t16-,17-/m0/s1. The van der Waals surface area contributed by atoms with Crippen LogP contribution >= 0.6 is 15.9 Å². The van der Waals surface area contributed by atoms with Gasteiger partial charge in [-0.1, -0.05) is 22.0 Å². The van der Waals surface area contributed by atoms with Crippen LogP contribution in [-0.2, 0) is 14.4 Å². The minimum Gasteiger partial charge on any atom is -0.495 e. The van der Waals surface area contributed by atoms with Crippen molar-refractivity contribution in [3.63, 3.8) is 0 Å². The van der Waals surface area contributed by atoms with E-state index in [2.05, 4.69) is 32.0 Å². The second-order valence-corrected chi connectivity index (χ2v) is 10.2. The van der Waals surface area contributed by atoms with Crippen molar-refractivity contribution in [2.45, 2.75) is 25.9 Å². The van der Waals surface area contributed by atoms with Gasteiger partial charge in [-0.2, -0.15) is 5.01 Å². The van der Waals surface area contributed by atoms with E-state index in [1.807, 2.05) is 0 Å². The summed E-state index contributed by atoms with van der Waals surface area (Å²) in [5, 5.41) is 28.7. The molecule has 17 heteroatoms. The molecule has 45 heavy (non-hydrogen) atoms. The molecule has 0 saturated heterocycles. The third-order valence-corrected chi connectivity index (χ3v) is 6.81. The van der Waals surface area contributed by atoms with Crippen molar-refractivity contribution in [2.24, 2.45) is 0 Å². The number of rotatable bonds is 14. The maximum Gasteiger partial charge on any atom is 0.272 e. The average Bonchev–Trinajstić information content (AvgIpc) is 3.01. The fourth-order valence-corrected chi connectivity index (χ4v) is 4.33. The first-order valence-electron chi connectivity index (χ1n) is 13.1. The van der Waals surface area contributed by atoms with E-state index in [9.17, 15) is 34.6 Å². The number of carbonyl (C=O) groups excluding carboxylic acids is 3. The van der Waals surface area contributed by atoms with Crippen molar-refractivity contribution in [1.29, 1.82) is 0 Å². The number of nitro groups is 2. The van der Waals surface area contributed by atoms with Crippen LogP contribution in [0.4, 0.5) is 22.7 Å². The summed E-state index contributed by atoms with van der Waals surface area (Å²) in [5.41, 5.74) is 1.84. The van der Waals surface area contributed by atoms with Crippen molar-refractivity contribution in [2.75, 3.05) is 31.5 Å². The van der Waals surface area contributed by atoms with Crippen LogP contribution in [0.3, 0.4) is 0 Å². The molecule has 3 amide bonds. The Labute approximate surface area is 265 Å². The molecule has 3 rings (SSSR count). The lowest BCUT2D eigenvalue weighted by Crippen LogP contribution is -2.59. The maximum absolute atomic E-state index is 13.4. The molecule has 0 aliphatic rings. The molecule has 0 radical (unpaired) electrons. The quantitative estimate of drug-likeness (QED) is 0.163. The first kappa shape index (κ1) is 34.2. The summed E-state index contributed by atoms with van der Waals surface area (Å²) in [6, 6.07) is 11.4. The van der Waals surface area contributed by atoms with Gasteiger partial charge in [-0.3, -0.25) is 40.0 Å². The van der Waals surface area contributed by atoms with Gasteiger partial charge in [-0.15, -0.1) is 0 Å². The van der Waals surface area contributed by atoms with Crippen LogP contribution in [0.15, 0.2) is 65.1 Å². The van der Waals surface area contributed by atoms with Crippen LogP contribution in [0, 0.1) is 20.2 Å². The highest BCUT2D eigenvalue weighted by molar-refractivity contribution is 9.10. The molecule has 0 spiro atoms. The van der Waals surface area contributed by atoms with Crippen molar-refractivity contribution in [3.8, 4) is 17.2 Å². The predicted molar refractivity (Wildman–Crippen MR) is 165 cm³/mol. The molecule has 0 heterocycles. The number of nitrogens with zero attached hydrogens (tertiary/aromatic N) is 3. The van der Waals surface area contributed by atoms with Gasteiger partial charge in [0.25, 0.3) is 17.3 Å². The summed E-state index contributed by atoms with van der Waals surface area (Å²) in [6.45, 7) is 2.27. The van der Waals surface area contributed by atoms with Crippen LogP contribution in [-0.4, -0.2) is 65.5 Å². The average molecular weight is 689 g/mol. The molecule has 2 atom stereocenters. The minimum absolute atomic E-state index is 0.0220. The summed E-state index contributed by atoms with van der Waals surface area (Å²) in [5.74, 6) is -1.64. The Morgan fingerprint density at radius 3 is 1.73 bits per heavy atom. The number of halogens is 1. The fraction of sp³-hybridized carbons (Fsp3) is 0.250. The van der Waals surface area contributed by atoms with E-state index in [1.165, 1.54) is 52.3 Å². The second-order valence-electron chi connectivity index (χ2n) is 9.30. The minimum atomic E-state index is -1.27. The lowest BCUT2D eigenvalue weighted by molar-refractivity contribution is -0.385. The van der Waals surface area contributed by atoms with Gasteiger partial charge in [0.15, 0.2) is 6.61 Å². The SMILES string of the molecule is COc1ccc([N+](=O)[O-])cc1NC(=O)[C@H](C)N(NC(=O)COc1cccc(Br)c1)[C@@H](C)C(=O)Nc1cc([N+](=O)[O-])ccc1OC.